The third-order valence-corrected chi connectivity index (χ3v) is 5.68. The van der Waals surface area contributed by atoms with E-state index in [0.717, 1.165) is 48.8 Å². The lowest BCUT2D eigenvalue weighted by molar-refractivity contribution is 0.499. The lowest BCUT2D eigenvalue weighted by Crippen LogP contribution is -2.34. The number of anilines is 1. The number of hydrogen-bond acceptors (Lipinski definition) is 6. The third kappa shape index (κ3) is 3.33. The lowest BCUT2D eigenvalue weighted by Gasteiger charge is -2.32. The SMILES string of the molecule is Cc1nc2ncc(-c3ccnc(N4CCC(c5ccccc5)CC4)n3)c(C)n2n1. The second kappa shape index (κ2) is 7.24. The van der Waals surface area contributed by atoms with Crippen LogP contribution in [0.4, 0.5) is 5.95 Å². The molecule has 0 spiro atoms. The molecule has 4 heterocycles. The Bertz CT molecular complexity index is 1140. The van der Waals surface area contributed by atoms with Gasteiger partial charge in [0.2, 0.25) is 5.95 Å². The van der Waals surface area contributed by atoms with E-state index in [9.17, 15) is 0 Å². The molecule has 0 atom stereocenters. The predicted octanol–water partition coefficient (Wildman–Crippen LogP) is 3.58. The Kier molecular flexibility index (Phi) is 4.42. The summed E-state index contributed by atoms with van der Waals surface area (Å²) in [7, 11) is 0. The third-order valence-electron chi connectivity index (χ3n) is 5.68. The van der Waals surface area contributed by atoms with Gasteiger partial charge in [-0.15, -0.1) is 0 Å². The van der Waals surface area contributed by atoms with E-state index >= 15 is 0 Å². The summed E-state index contributed by atoms with van der Waals surface area (Å²) in [4.78, 5) is 20.4. The molecule has 0 saturated carbocycles. The van der Waals surface area contributed by atoms with E-state index in [1.165, 1.54) is 5.56 Å². The molecular formula is C22H23N7. The molecule has 1 aliphatic heterocycles. The average molecular weight is 385 g/mol. The molecular weight excluding hydrogens is 362 g/mol. The Morgan fingerprint density at radius 2 is 1.72 bits per heavy atom. The maximum absolute atomic E-state index is 4.85. The minimum Gasteiger partial charge on any atom is -0.341 e. The molecule has 7 heteroatoms. The maximum atomic E-state index is 4.85. The zero-order chi connectivity index (χ0) is 19.8. The van der Waals surface area contributed by atoms with Gasteiger partial charge < -0.3 is 4.90 Å². The van der Waals surface area contributed by atoms with Gasteiger partial charge in [-0.3, -0.25) is 0 Å². The molecule has 146 valence electrons. The first-order chi connectivity index (χ1) is 14.2. The Morgan fingerprint density at radius 1 is 0.931 bits per heavy atom. The van der Waals surface area contributed by atoms with Crippen molar-refractivity contribution in [3.8, 4) is 11.3 Å². The molecule has 3 aromatic heterocycles. The molecule has 0 amide bonds. The number of aromatic nitrogens is 6. The van der Waals surface area contributed by atoms with Crippen molar-refractivity contribution in [1.82, 2.24) is 29.5 Å². The largest absolute Gasteiger partial charge is 0.341 e. The minimum absolute atomic E-state index is 0.611. The highest BCUT2D eigenvalue weighted by atomic mass is 15.3. The highest BCUT2D eigenvalue weighted by Gasteiger charge is 2.22. The summed E-state index contributed by atoms with van der Waals surface area (Å²) in [6.45, 7) is 5.81. The number of aryl methyl sites for hydroxylation is 2. The van der Waals surface area contributed by atoms with Gasteiger partial charge in [-0.1, -0.05) is 30.3 Å². The quantitative estimate of drug-likeness (QED) is 0.537. The van der Waals surface area contributed by atoms with Crippen LogP contribution in [0.5, 0.6) is 0 Å². The number of piperidine rings is 1. The molecule has 4 aromatic rings. The molecule has 1 fully saturated rings. The van der Waals surface area contributed by atoms with Crippen LogP contribution in [0.15, 0.2) is 48.8 Å². The Labute approximate surface area is 169 Å². The van der Waals surface area contributed by atoms with Crippen molar-refractivity contribution in [3.05, 3.63) is 65.9 Å². The molecule has 5 rings (SSSR count). The lowest BCUT2D eigenvalue weighted by atomic mass is 9.90. The molecule has 1 aliphatic rings. The predicted molar refractivity (Wildman–Crippen MR) is 112 cm³/mol. The number of benzene rings is 1. The van der Waals surface area contributed by atoms with Crippen LogP contribution in [0.2, 0.25) is 0 Å². The highest BCUT2D eigenvalue weighted by Crippen LogP contribution is 2.30. The van der Waals surface area contributed by atoms with Gasteiger partial charge in [-0.05, 0) is 44.2 Å². The topological polar surface area (TPSA) is 72.1 Å². The normalized spacial score (nSPS) is 15.2. The van der Waals surface area contributed by atoms with Gasteiger partial charge in [0.05, 0.1) is 11.4 Å². The molecule has 0 aliphatic carbocycles. The zero-order valence-electron chi connectivity index (χ0n) is 16.7. The molecule has 29 heavy (non-hydrogen) atoms. The van der Waals surface area contributed by atoms with Crippen LogP contribution in [-0.4, -0.2) is 42.6 Å². The number of nitrogens with zero attached hydrogens (tertiary/aromatic N) is 7. The van der Waals surface area contributed by atoms with Crippen LogP contribution >= 0.6 is 0 Å². The number of fused-ring (bicyclic) bond motifs is 1. The van der Waals surface area contributed by atoms with Gasteiger partial charge >= 0.3 is 0 Å². The number of rotatable bonds is 3. The summed E-state index contributed by atoms with van der Waals surface area (Å²) < 4.78 is 1.78. The van der Waals surface area contributed by atoms with Crippen LogP contribution in [0.3, 0.4) is 0 Å². The van der Waals surface area contributed by atoms with Crippen molar-refractivity contribution in [3.63, 3.8) is 0 Å². The first-order valence-corrected chi connectivity index (χ1v) is 10.0. The smallest absolute Gasteiger partial charge is 0.252 e. The first-order valence-electron chi connectivity index (χ1n) is 10.0. The van der Waals surface area contributed by atoms with Crippen molar-refractivity contribution in [1.29, 1.82) is 0 Å². The van der Waals surface area contributed by atoms with E-state index in [2.05, 4.69) is 55.3 Å². The van der Waals surface area contributed by atoms with Gasteiger partial charge in [-0.2, -0.15) is 10.1 Å². The summed E-state index contributed by atoms with van der Waals surface area (Å²) >= 11 is 0. The summed E-state index contributed by atoms with van der Waals surface area (Å²) in [5, 5.41) is 4.44. The molecule has 1 saturated heterocycles. The van der Waals surface area contributed by atoms with Crippen molar-refractivity contribution < 1.29 is 0 Å². The number of hydrogen-bond donors (Lipinski definition) is 0. The fraction of sp³-hybridized carbons (Fsp3) is 0.318. The molecule has 7 nitrogen and oxygen atoms in total. The average Bonchev–Trinajstić information content (AvgIpc) is 3.16. The Morgan fingerprint density at radius 3 is 2.52 bits per heavy atom. The molecule has 0 N–H and O–H groups in total. The van der Waals surface area contributed by atoms with Crippen molar-refractivity contribution in [2.45, 2.75) is 32.6 Å². The monoisotopic (exact) mass is 385 g/mol. The van der Waals surface area contributed by atoms with E-state index in [1.54, 1.807) is 4.52 Å². The van der Waals surface area contributed by atoms with Gasteiger partial charge in [0.25, 0.3) is 5.78 Å². The summed E-state index contributed by atoms with van der Waals surface area (Å²) in [5.41, 5.74) is 4.22. The maximum Gasteiger partial charge on any atom is 0.252 e. The molecule has 0 radical (unpaired) electrons. The fourth-order valence-electron chi connectivity index (χ4n) is 4.08. The summed E-state index contributed by atoms with van der Waals surface area (Å²) in [6, 6.07) is 12.7. The second-order valence-electron chi connectivity index (χ2n) is 7.54. The molecule has 0 unspecified atom stereocenters. The van der Waals surface area contributed by atoms with E-state index < -0.39 is 0 Å². The van der Waals surface area contributed by atoms with Gasteiger partial charge in [-0.25, -0.2) is 19.5 Å². The molecule has 1 aromatic carbocycles. The van der Waals surface area contributed by atoms with Crippen LogP contribution in [0.25, 0.3) is 17.0 Å². The van der Waals surface area contributed by atoms with E-state index in [4.69, 9.17) is 4.98 Å². The van der Waals surface area contributed by atoms with Crippen molar-refractivity contribution in [2.24, 2.45) is 0 Å². The van der Waals surface area contributed by atoms with Gasteiger partial charge in [0, 0.05) is 31.0 Å². The first kappa shape index (κ1) is 17.7. The van der Waals surface area contributed by atoms with Crippen LogP contribution < -0.4 is 4.90 Å². The fourth-order valence-corrected chi connectivity index (χ4v) is 4.08. The zero-order valence-corrected chi connectivity index (χ0v) is 16.7. The summed E-state index contributed by atoms with van der Waals surface area (Å²) in [6.07, 6.45) is 5.88. The van der Waals surface area contributed by atoms with Crippen LogP contribution in [0.1, 0.15) is 35.8 Å². The molecule has 0 bridgehead atoms. The van der Waals surface area contributed by atoms with Crippen molar-refractivity contribution >= 4 is 11.7 Å². The minimum atomic E-state index is 0.611. The Hall–Kier alpha value is -3.35. The van der Waals surface area contributed by atoms with E-state index in [-0.39, 0.29) is 0 Å². The van der Waals surface area contributed by atoms with E-state index in [1.807, 2.05) is 32.3 Å². The highest BCUT2D eigenvalue weighted by molar-refractivity contribution is 5.63. The van der Waals surface area contributed by atoms with E-state index in [0.29, 0.717) is 17.5 Å². The van der Waals surface area contributed by atoms with Crippen LogP contribution in [0, 0.1) is 13.8 Å². The standard InChI is InChI=1S/C22H23N7/c1-15-19(14-24-22-25-16(2)27-29(15)22)20-8-11-23-21(26-20)28-12-9-18(10-13-28)17-6-4-3-5-7-17/h3-8,11,14,18H,9-10,12-13H2,1-2H3. The van der Waals surface area contributed by atoms with Gasteiger partial charge in [0.15, 0.2) is 0 Å². The Balaban J connectivity index is 1.39. The van der Waals surface area contributed by atoms with Crippen LogP contribution in [-0.2, 0) is 0 Å². The second-order valence-corrected chi connectivity index (χ2v) is 7.54. The van der Waals surface area contributed by atoms with Crippen molar-refractivity contribution in [2.75, 3.05) is 18.0 Å². The summed E-state index contributed by atoms with van der Waals surface area (Å²) in [5.74, 6) is 2.71. The van der Waals surface area contributed by atoms with Gasteiger partial charge in [0.1, 0.15) is 5.82 Å².